The van der Waals surface area contributed by atoms with Gasteiger partial charge in [0.05, 0.1) is 12.6 Å². The van der Waals surface area contributed by atoms with Gasteiger partial charge in [-0.05, 0) is 30.5 Å². The van der Waals surface area contributed by atoms with E-state index in [1.807, 2.05) is 31.2 Å². The second-order valence-corrected chi connectivity index (χ2v) is 5.75. The van der Waals surface area contributed by atoms with Gasteiger partial charge in [0.25, 0.3) is 0 Å². The van der Waals surface area contributed by atoms with Gasteiger partial charge in [-0.2, -0.15) is 0 Å². The summed E-state index contributed by atoms with van der Waals surface area (Å²) in [5.74, 6) is 0.875. The zero-order valence-corrected chi connectivity index (χ0v) is 12.2. The highest BCUT2D eigenvalue weighted by atomic mass is 32.1. The molecule has 0 aliphatic heterocycles. The normalized spacial score (nSPS) is 12.5. The summed E-state index contributed by atoms with van der Waals surface area (Å²) < 4.78 is 6.95. The molecule has 0 bridgehead atoms. The van der Waals surface area contributed by atoms with Crippen molar-refractivity contribution in [3.05, 3.63) is 65.0 Å². The maximum atomic E-state index is 6.44. The van der Waals surface area contributed by atoms with Crippen LogP contribution in [0.15, 0.2) is 54.6 Å². The van der Waals surface area contributed by atoms with E-state index in [9.17, 15) is 0 Å². The molecule has 0 fully saturated rings. The summed E-state index contributed by atoms with van der Waals surface area (Å²) in [5.41, 5.74) is 7.48. The summed E-state index contributed by atoms with van der Waals surface area (Å²) in [4.78, 5) is 1.17. The Morgan fingerprint density at radius 3 is 2.65 bits per heavy atom. The number of benzene rings is 2. The summed E-state index contributed by atoms with van der Waals surface area (Å²) in [6.07, 6.45) is 0. The molecule has 1 heterocycles. The van der Waals surface area contributed by atoms with E-state index in [0.29, 0.717) is 6.61 Å². The van der Waals surface area contributed by atoms with Gasteiger partial charge in [-0.25, -0.2) is 0 Å². The van der Waals surface area contributed by atoms with Crippen molar-refractivity contribution < 1.29 is 4.74 Å². The van der Waals surface area contributed by atoms with E-state index in [-0.39, 0.29) is 6.04 Å². The van der Waals surface area contributed by atoms with Crippen molar-refractivity contribution in [2.24, 2.45) is 5.73 Å². The zero-order chi connectivity index (χ0) is 13.9. The summed E-state index contributed by atoms with van der Waals surface area (Å²) in [5, 5.41) is 1.25. The first-order valence-electron chi connectivity index (χ1n) is 6.75. The highest BCUT2D eigenvalue weighted by Gasteiger charge is 2.16. The minimum atomic E-state index is -0.143. The Balaban J connectivity index is 2.01. The number of ether oxygens (including phenoxy) is 1. The van der Waals surface area contributed by atoms with E-state index in [0.717, 1.165) is 11.3 Å². The first kappa shape index (κ1) is 13.2. The van der Waals surface area contributed by atoms with Gasteiger partial charge in [0.2, 0.25) is 0 Å². The molecule has 0 radical (unpaired) electrons. The Bertz CT molecular complexity index is 687. The third-order valence-corrected chi connectivity index (χ3v) is 4.50. The van der Waals surface area contributed by atoms with Gasteiger partial charge in [0.1, 0.15) is 5.75 Å². The summed E-state index contributed by atoms with van der Waals surface area (Å²) >= 11 is 1.75. The minimum Gasteiger partial charge on any atom is -0.494 e. The molecular formula is C17H17NOS. The van der Waals surface area contributed by atoms with Crippen molar-refractivity contribution in [2.45, 2.75) is 13.0 Å². The molecule has 20 heavy (non-hydrogen) atoms. The average molecular weight is 283 g/mol. The standard InChI is InChI=1S/C17H17NOS/c1-2-19-14-9-5-4-8-13(14)17(18)16-11-12-7-3-6-10-15(12)20-16/h3-11,17H,2,18H2,1H3. The first-order valence-corrected chi connectivity index (χ1v) is 7.57. The Hall–Kier alpha value is -1.84. The SMILES string of the molecule is CCOc1ccccc1C(N)c1cc2ccccc2s1. The Kier molecular flexibility index (Phi) is 3.72. The van der Waals surface area contributed by atoms with E-state index in [2.05, 4.69) is 30.3 Å². The third kappa shape index (κ3) is 2.42. The lowest BCUT2D eigenvalue weighted by Crippen LogP contribution is -2.12. The minimum absolute atomic E-state index is 0.143. The quantitative estimate of drug-likeness (QED) is 0.772. The van der Waals surface area contributed by atoms with Crippen LogP contribution >= 0.6 is 11.3 Å². The molecule has 1 unspecified atom stereocenters. The average Bonchev–Trinajstić information content (AvgIpc) is 2.91. The van der Waals surface area contributed by atoms with Crippen molar-refractivity contribution in [3.8, 4) is 5.75 Å². The number of thiophene rings is 1. The fourth-order valence-corrected chi connectivity index (χ4v) is 3.42. The van der Waals surface area contributed by atoms with Crippen LogP contribution in [0, 0.1) is 0 Å². The fourth-order valence-electron chi connectivity index (χ4n) is 2.33. The lowest BCUT2D eigenvalue weighted by molar-refractivity contribution is 0.335. The van der Waals surface area contributed by atoms with Crippen LogP contribution in [-0.4, -0.2) is 6.61 Å². The number of fused-ring (bicyclic) bond motifs is 1. The maximum absolute atomic E-state index is 6.44. The van der Waals surface area contributed by atoms with Crippen LogP contribution in [0.3, 0.4) is 0 Å². The van der Waals surface area contributed by atoms with E-state index in [1.165, 1.54) is 15.0 Å². The highest BCUT2D eigenvalue weighted by Crippen LogP contribution is 2.35. The third-order valence-electron chi connectivity index (χ3n) is 3.31. The molecule has 0 saturated heterocycles. The van der Waals surface area contributed by atoms with E-state index in [1.54, 1.807) is 11.3 Å². The van der Waals surface area contributed by atoms with Gasteiger partial charge in [0.15, 0.2) is 0 Å². The second kappa shape index (κ2) is 5.65. The van der Waals surface area contributed by atoms with Gasteiger partial charge in [-0.15, -0.1) is 11.3 Å². The van der Waals surface area contributed by atoms with Gasteiger partial charge in [-0.1, -0.05) is 36.4 Å². The monoisotopic (exact) mass is 283 g/mol. The van der Waals surface area contributed by atoms with Gasteiger partial charge in [0, 0.05) is 15.1 Å². The fraction of sp³-hybridized carbons (Fsp3) is 0.176. The molecule has 102 valence electrons. The van der Waals surface area contributed by atoms with Crippen LogP contribution in [-0.2, 0) is 0 Å². The smallest absolute Gasteiger partial charge is 0.124 e. The van der Waals surface area contributed by atoms with Crippen LogP contribution in [0.5, 0.6) is 5.75 Å². The van der Waals surface area contributed by atoms with Crippen LogP contribution in [0.25, 0.3) is 10.1 Å². The number of nitrogens with two attached hydrogens (primary N) is 1. The molecule has 3 rings (SSSR count). The number of hydrogen-bond donors (Lipinski definition) is 1. The second-order valence-electron chi connectivity index (χ2n) is 4.64. The van der Waals surface area contributed by atoms with Gasteiger partial charge in [-0.3, -0.25) is 0 Å². The van der Waals surface area contributed by atoms with Crippen LogP contribution in [0.1, 0.15) is 23.4 Å². The lowest BCUT2D eigenvalue weighted by atomic mass is 10.0. The van der Waals surface area contributed by atoms with Gasteiger partial charge < -0.3 is 10.5 Å². The van der Waals surface area contributed by atoms with Crippen molar-refractivity contribution in [3.63, 3.8) is 0 Å². The molecule has 1 atom stereocenters. The number of hydrogen-bond acceptors (Lipinski definition) is 3. The summed E-state index contributed by atoms with van der Waals surface area (Å²) in [6.45, 7) is 2.64. The zero-order valence-electron chi connectivity index (χ0n) is 11.4. The van der Waals surface area contributed by atoms with Crippen molar-refractivity contribution >= 4 is 21.4 Å². The molecule has 2 N–H and O–H groups in total. The van der Waals surface area contributed by atoms with Gasteiger partial charge >= 0.3 is 0 Å². The largest absolute Gasteiger partial charge is 0.494 e. The van der Waals surface area contributed by atoms with Crippen LogP contribution < -0.4 is 10.5 Å². The van der Waals surface area contributed by atoms with Crippen molar-refractivity contribution in [2.75, 3.05) is 6.61 Å². The molecule has 1 aromatic heterocycles. The molecule has 0 aliphatic carbocycles. The van der Waals surface area contributed by atoms with E-state index in [4.69, 9.17) is 10.5 Å². The highest BCUT2D eigenvalue weighted by molar-refractivity contribution is 7.19. The predicted octanol–water partition coefficient (Wildman–Crippen LogP) is 4.35. The molecule has 3 aromatic rings. The first-order chi connectivity index (χ1) is 9.79. The molecule has 0 amide bonds. The van der Waals surface area contributed by atoms with Crippen molar-refractivity contribution in [1.82, 2.24) is 0 Å². The topological polar surface area (TPSA) is 35.2 Å². The number of para-hydroxylation sites is 1. The molecule has 0 saturated carbocycles. The summed E-state index contributed by atoms with van der Waals surface area (Å²) in [6, 6.07) is 18.4. The summed E-state index contributed by atoms with van der Waals surface area (Å²) in [7, 11) is 0. The molecule has 0 aliphatic rings. The van der Waals surface area contributed by atoms with Crippen molar-refractivity contribution in [1.29, 1.82) is 0 Å². The molecule has 0 spiro atoms. The number of rotatable bonds is 4. The van der Waals surface area contributed by atoms with E-state index >= 15 is 0 Å². The Morgan fingerprint density at radius 2 is 1.85 bits per heavy atom. The molecule has 2 aromatic carbocycles. The Morgan fingerprint density at radius 1 is 1.10 bits per heavy atom. The molecular weight excluding hydrogens is 266 g/mol. The molecule has 3 heteroatoms. The van der Waals surface area contributed by atoms with E-state index < -0.39 is 0 Å². The maximum Gasteiger partial charge on any atom is 0.124 e. The lowest BCUT2D eigenvalue weighted by Gasteiger charge is -2.15. The predicted molar refractivity (Wildman–Crippen MR) is 85.5 cm³/mol. The Labute approximate surface area is 122 Å². The van der Waals surface area contributed by atoms with Crippen LogP contribution in [0.4, 0.5) is 0 Å². The molecule has 2 nitrogen and oxygen atoms in total. The van der Waals surface area contributed by atoms with Crippen LogP contribution in [0.2, 0.25) is 0 Å².